The molecule has 0 saturated heterocycles. The van der Waals surface area contributed by atoms with Crippen LogP contribution in [0.15, 0.2) is 11.4 Å². The molecule has 0 amide bonds. The average molecular weight is 248 g/mol. The van der Waals surface area contributed by atoms with Crippen molar-refractivity contribution in [3.05, 3.63) is 21.9 Å². The summed E-state index contributed by atoms with van der Waals surface area (Å²) in [6, 6.07) is 1.17. The van der Waals surface area contributed by atoms with Crippen molar-refractivity contribution in [1.29, 1.82) is 0 Å². The third kappa shape index (κ3) is 4.98. The fourth-order valence-corrected chi connectivity index (χ4v) is 1.34. The van der Waals surface area contributed by atoms with Gasteiger partial charge in [0.15, 0.2) is 0 Å². The smallest absolute Gasteiger partial charge is 0.545 e. The molecule has 0 aliphatic carbocycles. The molecule has 1 heterocycles. The van der Waals surface area contributed by atoms with E-state index in [1.807, 2.05) is 0 Å². The van der Waals surface area contributed by atoms with E-state index in [0.717, 1.165) is 11.3 Å². The Hall–Kier alpha value is 1.91. The van der Waals surface area contributed by atoms with E-state index in [4.69, 9.17) is 0 Å². The van der Waals surface area contributed by atoms with Crippen LogP contribution in [-0.4, -0.2) is 11.9 Å². The second kappa shape index (κ2) is 8.11. The van der Waals surface area contributed by atoms with E-state index in [9.17, 15) is 19.8 Å². The standard InChI is InChI=1S/C6H4O4S.2K/c7-5(8)3-1-2-11-4(3)6(9)10;;/h1-2H,(H,7,8)(H,9,10);;/q;2*+1/p-2. The molecule has 13 heavy (non-hydrogen) atoms. The molecule has 58 valence electrons. The molecule has 1 rings (SSSR count). The molecule has 1 aromatic rings. The van der Waals surface area contributed by atoms with Gasteiger partial charge in [0.05, 0.1) is 16.8 Å². The van der Waals surface area contributed by atoms with Crippen molar-refractivity contribution in [2.45, 2.75) is 0 Å². The van der Waals surface area contributed by atoms with Crippen LogP contribution in [0.4, 0.5) is 0 Å². The summed E-state index contributed by atoms with van der Waals surface area (Å²) in [5, 5.41) is 21.7. The first kappa shape index (κ1) is 17.3. The molecule has 0 spiro atoms. The third-order valence-electron chi connectivity index (χ3n) is 1.07. The number of hydrogen-bond acceptors (Lipinski definition) is 5. The zero-order chi connectivity index (χ0) is 8.43. The third-order valence-corrected chi connectivity index (χ3v) is 1.96. The maximum absolute atomic E-state index is 10.2. The van der Waals surface area contributed by atoms with Crippen LogP contribution in [0, 0.1) is 0 Å². The van der Waals surface area contributed by atoms with Gasteiger partial charge in [0, 0.05) is 5.56 Å². The summed E-state index contributed by atoms with van der Waals surface area (Å²) in [4.78, 5) is 20.1. The summed E-state index contributed by atoms with van der Waals surface area (Å²) in [6.07, 6.45) is 0. The van der Waals surface area contributed by atoms with Crippen LogP contribution in [0.25, 0.3) is 0 Å². The maximum atomic E-state index is 10.2. The molecule has 0 fully saturated rings. The normalized spacial score (nSPS) is 8.00. The average Bonchev–Trinajstić information content (AvgIpc) is 2.32. The molecule has 0 radical (unpaired) electrons. The number of aromatic carboxylic acids is 2. The number of rotatable bonds is 2. The van der Waals surface area contributed by atoms with Crippen LogP contribution < -0.4 is 113 Å². The Morgan fingerprint density at radius 3 is 2.00 bits per heavy atom. The molecule has 0 bridgehead atoms. The van der Waals surface area contributed by atoms with E-state index in [1.54, 1.807) is 0 Å². The van der Waals surface area contributed by atoms with E-state index < -0.39 is 11.9 Å². The van der Waals surface area contributed by atoms with Crippen molar-refractivity contribution < 1.29 is 123 Å². The van der Waals surface area contributed by atoms with Gasteiger partial charge in [-0.25, -0.2) is 0 Å². The van der Waals surface area contributed by atoms with Crippen molar-refractivity contribution in [3.63, 3.8) is 0 Å². The van der Waals surface area contributed by atoms with Crippen LogP contribution in [0.5, 0.6) is 0 Å². The van der Waals surface area contributed by atoms with Crippen molar-refractivity contribution in [1.82, 2.24) is 0 Å². The summed E-state index contributed by atoms with van der Waals surface area (Å²) < 4.78 is 0. The number of carboxylic acids is 2. The van der Waals surface area contributed by atoms with E-state index in [-0.39, 0.29) is 113 Å². The van der Waals surface area contributed by atoms with Crippen LogP contribution in [0.3, 0.4) is 0 Å². The molecule has 0 unspecified atom stereocenters. The molecule has 0 aliphatic heterocycles. The Morgan fingerprint density at radius 2 is 1.69 bits per heavy atom. The second-order valence-electron chi connectivity index (χ2n) is 1.74. The zero-order valence-corrected chi connectivity index (χ0v) is 14.3. The van der Waals surface area contributed by atoms with Gasteiger partial charge in [0.1, 0.15) is 0 Å². The van der Waals surface area contributed by atoms with Crippen molar-refractivity contribution in [2.24, 2.45) is 0 Å². The topological polar surface area (TPSA) is 80.3 Å². The molecular formula is C6H2K2O4S. The number of carbonyl (C=O) groups is 2. The van der Waals surface area contributed by atoms with Gasteiger partial charge in [0.2, 0.25) is 0 Å². The van der Waals surface area contributed by atoms with Crippen LogP contribution >= 0.6 is 11.3 Å². The molecule has 0 aromatic carbocycles. The SMILES string of the molecule is O=C([O-])c1ccsc1C(=O)[O-].[K+].[K+]. The zero-order valence-electron chi connectivity index (χ0n) is 7.20. The van der Waals surface area contributed by atoms with Crippen molar-refractivity contribution >= 4 is 23.3 Å². The molecule has 4 nitrogen and oxygen atoms in total. The van der Waals surface area contributed by atoms with Crippen molar-refractivity contribution in [3.8, 4) is 0 Å². The Labute approximate surface area is 164 Å². The van der Waals surface area contributed by atoms with Gasteiger partial charge < -0.3 is 19.8 Å². The number of carboxylic acid groups (broad SMARTS) is 2. The first-order valence-electron chi connectivity index (χ1n) is 2.63. The van der Waals surface area contributed by atoms with Gasteiger partial charge in [-0.1, -0.05) is 0 Å². The van der Waals surface area contributed by atoms with E-state index in [2.05, 4.69) is 0 Å². The fourth-order valence-electron chi connectivity index (χ4n) is 0.628. The molecular weight excluding hydrogens is 246 g/mol. The number of carbonyl (C=O) groups excluding carboxylic acids is 2. The Kier molecular flexibility index (Phi) is 10.8. The number of thiophene rings is 1. The Balaban J connectivity index is 0. The van der Waals surface area contributed by atoms with E-state index in [1.165, 1.54) is 11.4 Å². The maximum Gasteiger partial charge on any atom is 1.00 e. The van der Waals surface area contributed by atoms with Crippen LogP contribution in [0.1, 0.15) is 20.0 Å². The summed E-state index contributed by atoms with van der Waals surface area (Å²) in [6.45, 7) is 0. The fraction of sp³-hybridized carbons (Fsp3) is 0. The van der Waals surface area contributed by atoms with Crippen LogP contribution in [-0.2, 0) is 0 Å². The van der Waals surface area contributed by atoms with Crippen LogP contribution in [0.2, 0.25) is 0 Å². The first-order valence-corrected chi connectivity index (χ1v) is 3.51. The summed E-state index contributed by atoms with van der Waals surface area (Å²) >= 11 is 0.803. The monoisotopic (exact) mass is 248 g/mol. The Bertz CT molecular complexity index is 281. The van der Waals surface area contributed by atoms with E-state index in [0.29, 0.717) is 0 Å². The molecule has 1 aromatic heterocycles. The quantitative estimate of drug-likeness (QED) is 0.487. The predicted octanol–water partition coefficient (Wildman–Crippen LogP) is -7.52. The minimum Gasteiger partial charge on any atom is -0.545 e. The molecule has 0 saturated carbocycles. The first-order chi connectivity index (χ1) is 5.13. The van der Waals surface area contributed by atoms with E-state index >= 15 is 0 Å². The summed E-state index contributed by atoms with van der Waals surface area (Å²) in [7, 11) is 0. The summed E-state index contributed by atoms with van der Waals surface area (Å²) in [5.74, 6) is -2.98. The van der Waals surface area contributed by atoms with Gasteiger partial charge in [-0.2, -0.15) is 0 Å². The minimum atomic E-state index is -1.49. The second-order valence-corrected chi connectivity index (χ2v) is 2.65. The summed E-state index contributed by atoms with van der Waals surface area (Å²) in [5.41, 5.74) is -0.324. The predicted molar refractivity (Wildman–Crippen MR) is 33.0 cm³/mol. The van der Waals surface area contributed by atoms with Gasteiger partial charge in [-0.3, -0.25) is 0 Å². The van der Waals surface area contributed by atoms with Gasteiger partial charge in [-0.15, -0.1) is 11.3 Å². The molecule has 0 N–H and O–H groups in total. The largest absolute Gasteiger partial charge is 1.00 e. The molecule has 0 aliphatic rings. The van der Waals surface area contributed by atoms with Gasteiger partial charge in [-0.05, 0) is 11.4 Å². The molecule has 0 atom stereocenters. The van der Waals surface area contributed by atoms with Gasteiger partial charge in [0.25, 0.3) is 0 Å². The number of hydrogen-bond donors (Lipinski definition) is 0. The molecule has 7 heteroatoms. The Morgan fingerprint density at radius 1 is 1.15 bits per heavy atom. The van der Waals surface area contributed by atoms with Crippen molar-refractivity contribution in [2.75, 3.05) is 0 Å². The minimum absolute atomic E-state index is 0. The van der Waals surface area contributed by atoms with Gasteiger partial charge >= 0.3 is 103 Å².